The topological polar surface area (TPSA) is 61.6 Å². The number of phenols is 1. The van der Waals surface area contributed by atoms with E-state index in [0.717, 1.165) is 37.3 Å². The molecule has 1 aliphatic rings. The fourth-order valence-corrected chi connectivity index (χ4v) is 3.28. The van der Waals surface area contributed by atoms with Crippen molar-refractivity contribution in [3.63, 3.8) is 0 Å². The lowest BCUT2D eigenvalue weighted by Gasteiger charge is -2.36. The molecule has 0 saturated carbocycles. The third kappa shape index (κ3) is 3.08. The molecule has 0 bridgehead atoms. The van der Waals surface area contributed by atoms with Crippen LogP contribution in [0.1, 0.15) is 0 Å². The van der Waals surface area contributed by atoms with E-state index in [2.05, 4.69) is 14.9 Å². The number of aromatic nitrogens is 2. The predicted octanol–water partition coefficient (Wildman–Crippen LogP) is 1.88. The standard InChI is InChI=1S/C19H20N4O2/c24-18-8-4-3-7-17(18)22-11-9-21(10-12-22)14-23-19(25)16-6-2-1-5-15(16)13-20-23/h1-8,13,24H,9-12,14H2. The largest absolute Gasteiger partial charge is 0.506 e. The van der Waals surface area contributed by atoms with Gasteiger partial charge in [0.2, 0.25) is 0 Å². The predicted molar refractivity (Wildman–Crippen MR) is 97.9 cm³/mol. The minimum Gasteiger partial charge on any atom is -0.506 e. The van der Waals surface area contributed by atoms with Gasteiger partial charge in [-0.3, -0.25) is 9.69 Å². The van der Waals surface area contributed by atoms with Crippen molar-refractivity contribution < 1.29 is 5.11 Å². The highest BCUT2D eigenvalue weighted by molar-refractivity contribution is 5.80. The Bertz CT molecular complexity index is 945. The number of phenolic OH excluding ortho intramolecular Hbond substituents is 1. The highest BCUT2D eigenvalue weighted by Crippen LogP contribution is 2.27. The maximum atomic E-state index is 12.6. The Kier molecular flexibility index (Phi) is 4.11. The molecule has 0 atom stereocenters. The van der Waals surface area contributed by atoms with Gasteiger partial charge in [0.1, 0.15) is 5.75 Å². The highest BCUT2D eigenvalue weighted by atomic mass is 16.3. The Morgan fingerprint density at radius 3 is 2.48 bits per heavy atom. The first-order chi connectivity index (χ1) is 12.2. The summed E-state index contributed by atoms with van der Waals surface area (Å²) in [4.78, 5) is 16.9. The Labute approximate surface area is 145 Å². The zero-order valence-electron chi connectivity index (χ0n) is 13.9. The quantitative estimate of drug-likeness (QED) is 0.791. The summed E-state index contributed by atoms with van der Waals surface area (Å²) in [6.07, 6.45) is 1.75. The number of anilines is 1. The van der Waals surface area contributed by atoms with E-state index in [1.54, 1.807) is 12.3 Å². The lowest BCUT2D eigenvalue weighted by Crippen LogP contribution is -2.48. The number of benzene rings is 2. The van der Waals surface area contributed by atoms with Crippen molar-refractivity contribution in [3.8, 4) is 5.75 Å². The third-order valence-corrected chi connectivity index (χ3v) is 4.69. The Morgan fingerprint density at radius 2 is 1.68 bits per heavy atom. The molecule has 1 N–H and O–H groups in total. The number of para-hydroxylation sites is 2. The summed E-state index contributed by atoms with van der Waals surface area (Å²) in [7, 11) is 0. The fourth-order valence-electron chi connectivity index (χ4n) is 3.28. The second-order valence-electron chi connectivity index (χ2n) is 6.27. The van der Waals surface area contributed by atoms with E-state index >= 15 is 0 Å². The Hall–Kier alpha value is -2.86. The van der Waals surface area contributed by atoms with Crippen molar-refractivity contribution in [1.29, 1.82) is 0 Å². The van der Waals surface area contributed by atoms with Gasteiger partial charge >= 0.3 is 0 Å². The van der Waals surface area contributed by atoms with E-state index in [9.17, 15) is 9.90 Å². The summed E-state index contributed by atoms with van der Waals surface area (Å²) in [6, 6.07) is 14.9. The zero-order chi connectivity index (χ0) is 17.2. The first-order valence-electron chi connectivity index (χ1n) is 8.42. The maximum Gasteiger partial charge on any atom is 0.275 e. The number of hydrogen-bond acceptors (Lipinski definition) is 5. The molecule has 2 heterocycles. The molecule has 0 amide bonds. The van der Waals surface area contributed by atoms with Gasteiger partial charge in [0.25, 0.3) is 5.56 Å². The molecule has 128 valence electrons. The molecule has 6 heteroatoms. The average Bonchev–Trinajstić information content (AvgIpc) is 2.65. The summed E-state index contributed by atoms with van der Waals surface area (Å²) in [5.74, 6) is 0.309. The number of aromatic hydroxyl groups is 1. The minimum atomic E-state index is -0.0544. The van der Waals surface area contributed by atoms with E-state index in [1.165, 1.54) is 4.68 Å². The van der Waals surface area contributed by atoms with Crippen LogP contribution in [0.25, 0.3) is 10.8 Å². The highest BCUT2D eigenvalue weighted by Gasteiger charge is 2.19. The van der Waals surface area contributed by atoms with Crippen molar-refractivity contribution in [1.82, 2.24) is 14.7 Å². The number of hydrogen-bond donors (Lipinski definition) is 1. The van der Waals surface area contributed by atoms with E-state index in [4.69, 9.17) is 0 Å². The van der Waals surface area contributed by atoms with Crippen molar-refractivity contribution in [2.24, 2.45) is 0 Å². The maximum absolute atomic E-state index is 12.6. The molecule has 2 aromatic carbocycles. The number of nitrogens with zero attached hydrogens (tertiary/aromatic N) is 4. The summed E-state index contributed by atoms with van der Waals surface area (Å²) in [6.45, 7) is 3.72. The summed E-state index contributed by atoms with van der Waals surface area (Å²) in [5, 5.41) is 15.9. The van der Waals surface area contributed by atoms with E-state index in [1.807, 2.05) is 42.5 Å². The first-order valence-corrected chi connectivity index (χ1v) is 8.42. The van der Waals surface area contributed by atoms with Crippen LogP contribution in [0.4, 0.5) is 5.69 Å². The van der Waals surface area contributed by atoms with Gasteiger partial charge in [0.15, 0.2) is 0 Å². The number of rotatable bonds is 3. The molecule has 4 rings (SSSR count). The molecule has 0 aliphatic carbocycles. The molecule has 1 aromatic heterocycles. The van der Waals surface area contributed by atoms with Crippen LogP contribution >= 0.6 is 0 Å². The SMILES string of the molecule is O=c1c2ccccc2cnn1CN1CCN(c2ccccc2O)CC1. The van der Waals surface area contributed by atoms with Crippen LogP contribution in [0, 0.1) is 0 Å². The van der Waals surface area contributed by atoms with E-state index in [-0.39, 0.29) is 5.56 Å². The molecule has 3 aromatic rings. The number of fused-ring (bicyclic) bond motifs is 1. The summed E-state index contributed by atoms with van der Waals surface area (Å²) < 4.78 is 1.53. The lowest BCUT2D eigenvalue weighted by atomic mass is 10.2. The molecule has 6 nitrogen and oxygen atoms in total. The van der Waals surface area contributed by atoms with Crippen LogP contribution in [0.2, 0.25) is 0 Å². The number of piperazine rings is 1. The molecule has 25 heavy (non-hydrogen) atoms. The van der Waals surface area contributed by atoms with Crippen molar-refractivity contribution in [2.45, 2.75) is 6.67 Å². The van der Waals surface area contributed by atoms with Gasteiger partial charge < -0.3 is 10.0 Å². The van der Waals surface area contributed by atoms with Gasteiger partial charge in [-0.2, -0.15) is 5.10 Å². The Morgan fingerprint density at radius 1 is 0.960 bits per heavy atom. The van der Waals surface area contributed by atoms with E-state index in [0.29, 0.717) is 17.8 Å². The second kappa shape index (κ2) is 6.57. The molecular formula is C19H20N4O2. The van der Waals surface area contributed by atoms with Crippen molar-refractivity contribution >= 4 is 16.5 Å². The molecule has 1 fully saturated rings. The molecule has 0 unspecified atom stereocenters. The van der Waals surface area contributed by atoms with Gasteiger partial charge in [0, 0.05) is 31.6 Å². The van der Waals surface area contributed by atoms with Gasteiger partial charge in [-0.25, -0.2) is 4.68 Å². The normalized spacial score (nSPS) is 15.6. The summed E-state index contributed by atoms with van der Waals surface area (Å²) in [5.41, 5.74) is 0.810. The molecule has 0 radical (unpaired) electrons. The van der Waals surface area contributed by atoms with Crippen molar-refractivity contribution in [3.05, 3.63) is 65.1 Å². The van der Waals surface area contributed by atoms with Gasteiger partial charge in [-0.05, 0) is 18.2 Å². The first kappa shape index (κ1) is 15.7. The van der Waals surface area contributed by atoms with Gasteiger partial charge in [0.05, 0.1) is 23.9 Å². The lowest BCUT2D eigenvalue weighted by molar-refractivity contribution is 0.192. The van der Waals surface area contributed by atoms with Crippen LogP contribution < -0.4 is 10.5 Å². The molecule has 0 spiro atoms. The molecule has 1 aliphatic heterocycles. The monoisotopic (exact) mass is 336 g/mol. The van der Waals surface area contributed by atoms with Crippen LogP contribution in [0.5, 0.6) is 5.75 Å². The fraction of sp³-hybridized carbons (Fsp3) is 0.263. The van der Waals surface area contributed by atoms with Crippen LogP contribution in [0.15, 0.2) is 59.5 Å². The van der Waals surface area contributed by atoms with Gasteiger partial charge in [-0.15, -0.1) is 0 Å². The smallest absolute Gasteiger partial charge is 0.275 e. The van der Waals surface area contributed by atoms with Gasteiger partial charge in [-0.1, -0.05) is 30.3 Å². The second-order valence-corrected chi connectivity index (χ2v) is 6.27. The van der Waals surface area contributed by atoms with Crippen LogP contribution in [0.3, 0.4) is 0 Å². The Balaban J connectivity index is 1.46. The molecule has 1 saturated heterocycles. The van der Waals surface area contributed by atoms with Crippen molar-refractivity contribution in [2.75, 3.05) is 31.1 Å². The third-order valence-electron chi connectivity index (χ3n) is 4.69. The average molecular weight is 336 g/mol. The van der Waals surface area contributed by atoms with Crippen LogP contribution in [-0.2, 0) is 6.67 Å². The summed E-state index contributed by atoms with van der Waals surface area (Å²) >= 11 is 0. The minimum absolute atomic E-state index is 0.0544. The van der Waals surface area contributed by atoms with Crippen LogP contribution in [-0.4, -0.2) is 46.0 Å². The van der Waals surface area contributed by atoms with E-state index < -0.39 is 0 Å². The molecular weight excluding hydrogens is 316 g/mol. The zero-order valence-corrected chi connectivity index (χ0v) is 13.9.